The first-order valence-electron chi connectivity index (χ1n) is 6.49. The number of aliphatic hydroxyl groups excluding tert-OH is 1. The monoisotopic (exact) mass is 360 g/mol. The predicted octanol–water partition coefficient (Wildman–Crippen LogP) is 4.13. The third-order valence-electron chi connectivity index (χ3n) is 2.90. The highest BCUT2D eigenvalue weighted by Gasteiger charge is 2.14. The molecule has 0 heterocycles. The van der Waals surface area contributed by atoms with E-state index >= 15 is 0 Å². The van der Waals surface area contributed by atoms with Gasteiger partial charge in [-0.2, -0.15) is 0 Å². The van der Waals surface area contributed by atoms with Crippen LogP contribution < -0.4 is 10.6 Å². The molecule has 8 heteroatoms. The zero-order valence-electron chi connectivity index (χ0n) is 11.6. The lowest BCUT2D eigenvalue weighted by Crippen LogP contribution is -2.32. The van der Waals surface area contributed by atoms with Gasteiger partial charge in [-0.1, -0.05) is 29.3 Å². The van der Waals surface area contributed by atoms with E-state index in [1.54, 1.807) is 0 Å². The van der Waals surface area contributed by atoms with Crippen LogP contribution in [0.3, 0.4) is 0 Å². The van der Waals surface area contributed by atoms with Crippen molar-refractivity contribution in [3.63, 3.8) is 0 Å². The van der Waals surface area contributed by atoms with Crippen molar-refractivity contribution >= 4 is 34.9 Å². The molecule has 0 aliphatic carbocycles. The summed E-state index contributed by atoms with van der Waals surface area (Å²) < 4.78 is 26.3. The Kier molecular flexibility index (Phi) is 5.76. The largest absolute Gasteiger partial charge is 0.386 e. The molecule has 0 bridgehead atoms. The van der Waals surface area contributed by atoms with Crippen molar-refractivity contribution in [1.82, 2.24) is 5.32 Å². The van der Waals surface area contributed by atoms with Crippen molar-refractivity contribution in [2.24, 2.45) is 0 Å². The number of urea groups is 1. The van der Waals surface area contributed by atoms with E-state index in [0.29, 0.717) is 21.8 Å². The summed E-state index contributed by atoms with van der Waals surface area (Å²) in [4.78, 5) is 11.7. The van der Waals surface area contributed by atoms with Crippen molar-refractivity contribution in [3.8, 4) is 0 Å². The lowest BCUT2D eigenvalue weighted by atomic mass is 10.1. The summed E-state index contributed by atoms with van der Waals surface area (Å²) in [6.45, 7) is -0.261. The summed E-state index contributed by atoms with van der Waals surface area (Å²) in [6.07, 6.45) is -1.32. The van der Waals surface area contributed by atoms with Crippen LogP contribution in [0.2, 0.25) is 10.0 Å². The smallest absolute Gasteiger partial charge is 0.319 e. The van der Waals surface area contributed by atoms with Crippen LogP contribution in [0.15, 0.2) is 36.4 Å². The summed E-state index contributed by atoms with van der Waals surface area (Å²) in [5, 5.41) is 15.4. The lowest BCUT2D eigenvalue weighted by molar-refractivity contribution is 0.170. The Hall–Kier alpha value is -1.89. The van der Waals surface area contributed by atoms with E-state index in [0.717, 1.165) is 12.1 Å². The molecule has 0 aromatic heterocycles. The highest BCUT2D eigenvalue weighted by molar-refractivity contribution is 6.35. The molecule has 2 aromatic rings. The number of halogens is 4. The van der Waals surface area contributed by atoms with Crippen LogP contribution in [-0.4, -0.2) is 17.7 Å². The standard InChI is InChI=1S/C15H12Cl2F2N2O2/c16-8-3-9(17)5-11(4-8)21-15(23)20-7-14(22)12-2-1-10(18)6-13(12)19/h1-6,14,22H,7H2,(H2,20,21,23). The minimum absolute atomic E-state index is 0.113. The zero-order valence-corrected chi connectivity index (χ0v) is 13.1. The molecule has 1 unspecified atom stereocenters. The maximum Gasteiger partial charge on any atom is 0.319 e. The lowest BCUT2D eigenvalue weighted by Gasteiger charge is -2.14. The van der Waals surface area contributed by atoms with Crippen LogP contribution in [0, 0.1) is 11.6 Å². The second-order valence-corrected chi connectivity index (χ2v) is 5.55. The maximum absolute atomic E-state index is 13.5. The average Bonchev–Trinajstić information content (AvgIpc) is 2.43. The van der Waals surface area contributed by atoms with Gasteiger partial charge in [0.25, 0.3) is 0 Å². The number of carbonyl (C=O) groups excluding carboxylic acids is 1. The highest BCUT2D eigenvalue weighted by Crippen LogP contribution is 2.22. The molecule has 2 aromatic carbocycles. The second kappa shape index (κ2) is 7.59. The minimum atomic E-state index is -1.32. The van der Waals surface area contributed by atoms with Crippen molar-refractivity contribution < 1.29 is 18.7 Å². The van der Waals surface area contributed by atoms with Crippen LogP contribution >= 0.6 is 23.2 Å². The van der Waals surface area contributed by atoms with Gasteiger partial charge < -0.3 is 15.7 Å². The van der Waals surface area contributed by atoms with Crippen LogP contribution in [0.5, 0.6) is 0 Å². The Balaban J connectivity index is 1.93. The Morgan fingerprint density at radius 2 is 1.78 bits per heavy atom. The van der Waals surface area contributed by atoms with E-state index in [1.165, 1.54) is 18.2 Å². The van der Waals surface area contributed by atoms with Crippen molar-refractivity contribution in [3.05, 3.63) is 63.6 Å². The Bertz CT molecular complexity index is 708. The quantitative estimate of drug-likeness (QED) is 0.767. The van der Waals surface area contributed by atoms with Crippen molar-refractivity contribution in [2.75, 3.05) is 11.9 Å². The zero-order chi connectivity index (χ0) is 17.0. The number of amides is 2. The molecule has 0 spiro atoms. The number of hydrogen-bond donors (Lipinski definition) is 3. The first kappa shape index (κ1) is 17.5. The summed E-state index contributed by atoms with van der Waals surface area (Å²) in [7, 11) is 0. The van der Waals surface area contributed by atoms with Gasteiger partial charge >= 0.3 is 6.03 Å². The van der Waals surface area contributed by atoms with Gasteiger partial charge in [-0.3, -0.25) is 0 Å². The fourth-order valence-corrected chi connectivity index (χ4v) is 2.40. The number of nitrogens with one attached hydrogen (secondary N) is 2. The molecular formula is C15H12Cl2F2N2O2. The van der Waals surface area contributed by atoms with Gasteiger partial charge in [0.1, 0.15) is 11.6 Å². The van der Waals surface area contributed by atoms with Crippen LogP contribution in [-0.2, 0) is 0 Å². The normalized spacial score (nSPS) is 11.9. The molecule has 0 radical (unpaired) electrons. The number of carbonyl (C=O) groups is 1. The summed E-state index contributed by atoms with van der Waals surface area (Å²) >= 11 is 11.6. The highest BCUT2D eigenvalue weighted by atomic mass is 35.5. The molecule has 2 rings (SSSR count). The molecule has 3 N–H and O–H groups in total. The van der Waals surface area contributed by atoms with Gasteiger partial charge in [-0.15, -0.1) is 0 Å². The van der Waals surface area contributed by atoms with Gasteiger partial charge in [0, 0.05) is 33.9 Å². The van der Waals surface area contributed by atoms with Crippen LogP contribution in [0.25, 0.3) is 0 Å². The molecular weight excluding hydrogens is 349 g/mol. The van der Waals surface area contributed by atoms with E-state index in [-0.39, 0.29) is 12.1 Å². The van der Waals surface area contributed by atoms with E-state index in [9.17, 15) is 18.7 Å². The first-order chi connectivity index (χ1) is 10.8. The molecule has 2 amide bonds. The number of hydrogen-bond acceptors (Lipinski definition) is 2. The third kappa shape index (κ3) is 5.06. The van der Waals surface area contributed by atoms with Gasteiger partial charge in [-0.05, 0) is 24.3 Å². The maximum atomic E-state index is 13.5. The van der Waals surface area contributed by atoms with Crippen molar-refractivity contribution in [2.45, 2.75) is 6.10 Å². The topological polar surface area (TPSA) is 61.4 Å². The Morgan fingerprint density at radius 3 is 2.39 bits per heavy atom. The van der Waals surface area contributed by atoms with E-state index in [4.69, 9.17) is 23.2 Å². The molecule has 1 atom stereocenters. The number of rotatable bonds is 4. The summed E-state index contributed by atoms with van der Waals surface area (Å²) in [5.41, 5.74) is 0.250. The van der Waals surface area contributed by atoms with Gasteiger partial charge in [0.2, 0.25) is 0 Å². The fraction of sp³-hybridized carbons (Fsp3) is 0.133. The molecule has 122 valence electrons. The van der Waals surface area contributed by atoms with E-state index in [1.807, 2.05) is 0 Å². The van der Waals surface area contributed by atoms with Crippen LogP contribution in [0.1, 0.15) is 11.7 Å². The number of benzene rings is 2. The SMILES string of the molecule is O=C(NCC(O)c1ccc(F)cc1F)Nc1cc(Cl)cc(Cl)c1. The molecule has 0 aliphatic heterocycles. The van der Waals surface area contributed by atoms with Crippen molar-refractivity contribution in [1.29, 1.82) is 0 Å². The van der Waals surface area contributed by atoms with E-state index in [2.05, 4.69) is 10.6 Å². The summed E-state index contributed by atoms with van der Waals surface area (Å²) in [6, 6.07) is 6.65. The van der Waals surface area contributed by atoms with E-state index < -0.39 is 23.8 Å². The predicted molar refractivity (Wildman–Crippen MR) is 84.8 cm³/mol. The molecule has 0 aliphatic rings. The third-order valence-corrected chi connectivity index (χ3v) is 3.33. The molecule has 0 fully saturated rings. The number of anilines is 1. The minimum Gasteiger partial charge on any atom is -0.386 e. The molecule has 4 nitrogen and oxygen atoms in total. The first-order valence-corrected chi connectivity index (χ1v) is 7.24. The number of aliphatic hydroxyl groups is 1. The fourth-order valence-electron chi connectivity index (χ4n) is 1.87. The van der Waals surface area contributed by atoms with Crippen LogP contribution in [0.4, 0.5) is 19.3 Å². The Morgan fingerprint density at radius 1 is 1.13 bits per heavy atom. The van der Waals surface area contributed by atoms with Gasteiger partial charge in [0.05, 0.1) is 6.10 Å². The molecule has 0 saturated heterocycles. The second-order valence-electron chi connectivity index (χ2n) is 4.67. The Labute approximate surface area is 141 Å². The average molecular weight is 361 g/mol. The summed E-state index contributed by atoms with van der Waals surface area (Å²) in [5.74, 6) is -1.64. The molecule has 23 heavy (non-hydrogen) atoms. The van der Waals surface area contributed by atoms with Gasteiger partial charge in [-0.25, -0.2) is 13.6 Å². The molecule has 0 saturated carbocycles. The van der Waals surface area contributed by atoms with Gasteiger partial charge in [0.15, 0.2) is 0 Å².